The molecule has 0 aliphatic heterocycles. The van der Waals surface area contributed by atoms with Gasteiger partial charge in [-0.05, 0) is 53.6 Å². The lowest BCUT2D eigenvalue weighted by Gasteiger charge is -2.17. The minimum absolute atomic E-state index is 0.0655. The lowest BCUT2D eigenvalue weighted by molar-refractivity contribution is 0.415. The van der Waals surface area contributed by atoms with E-state index in [-0.39, 0.29) is 5.56 Å². The second kappa shape index (κ2) is 8.25. The Balaban J connectivity index is 1.98. The summed E-state index contributed by atoms with van der Waals surface area (Å²) in [7, 11) is 5.07. The molecule has 0 fully saturated rings. The van der Waals surface area contributed by atoms with Crippen molar-refractivity contribution in [3.8, 4) is 45.0 Å². The van der Waals surface area contributed by atoms with E-state index in [4.69, 9.17) is 9.47 Å². The van der Waals surface area contributed by atoms with Crippen molar-refractivity contribution in [3.05, 3.63) is 89.5 Å². The average molecular weight is 398 g/mol. The van der Waals surface area contributed by atoms with Crippen LogP contribution in [0.1, 0.15) is 0 Å². The summed E-state index contributed by atoms with van der Waals surface area (Å²) in [4.78, 5) is 17.4. The largest absolute Gasteiger partial charge is 0.497 e. The fraction of sp³-hybridized carbons (Fsp3) is 0.120. The number of benzene rings is 2. The number of pyridine rings is 2. The van der Waals surface area contributed by atoms with Gasteiger partial charge in [0.15, 0.2) is 0 Å². The first-order valence-corrected chi connectivity index (χ1v) is 9.55. The van der Waals surface area contributed by atoms with Crippen molar-refractivity contribution in [2.75, 3.05) is 14.2 Å². The molecule has 0 radical (unpaired) electrons. The molecule has 2 aromatic carbocycles. The molecular weight excluding hydrogens is 376 g/mol. The minimum atomic E-state index is -0.0655. The summed E-state index contributed by atoms with van der Waals surface area (Å²) in [6.45, 7) is 0. The molecule has 0 aliphatic rings. The van der Waals surface area contributed by atoms with Crippen molar-refractivity contribution in [1.82, 2.24) is 9.55 Å². The molecule has 0 unspecified atom stereocenters. The molecule has 4 aromatic rings. The summed E-state index contributed by atoms with van der Waals surface area (Å²) in [5, 5.41) is 0. The van der Waals surface area contributed by atoms with Gasteiger partial charge in [-0.1, -0.05) is 24.3 Å². The van der Waals surface area contributed by atoms with Gasteiger partial charge in [0, 0.05) is 36.1 Å². The van der Waals surface area contributed by atoms with E-state index in [1.807, 2.05) is 66.7 Å². The molecular formula is C25H22N2O3. The Kier molecular flexibility index (Phi) is 5.35. The van der Waals surface area contributed by atoms with E-state index in [1.165, 1.54) is 0 Å². The molecule has 0 amide bonds. The van der Waals surface area contributed by atoms with Crippen LogP contribution in [0.5, 0.6) is 11.5 Å². The fourth-order valence-corrected chi connectivity index (χ4v) is 3.56. The van der Waals surface area contributed by atoms with E-state index < -0.39 is 0 Å². The third-order valence-corrected chi connectivity index (χ3v) is 5.17. The Bertz CT molecular complexity index is 1210. The van der Waals surface area contributed by atoms with Gasteiger partial charge in [0.1, 0.15) is 11.5 Å². The number of ether oxygens (including phenoxy) is 2. The van der Waals surface area contributed by atoms with Gasteiger partial charge in [0.05, 0.1) is 19.9 Å². The Labute approximate surface area is 175 Å². The summed E-state index contributed by atoms with van der Waals surface area (Å²) in [6, 6.07) is 21.2. The Morgan fingerprint density at radius 2 is 1.20 bits per heavy atom. The van der Waals surface area contributed by atoms with Crippen molar-refractivity contribution in [1.29, 1.82) is 0 Å². The molecule has 0 bridgehead atoms. The first-order valence-electron chi connectivity index (χ1n) is 9.55. The van der Waals surface area contributed by atoms with Crippen molar-refractivity contribution in [2.45, 2.75) is 0 Å². The predicted octanol–water partition coefficient (Wildman–Crippen LogP) is 4.80. The van der Waals surface area contributed by atoms with Gasteiger partial charge in [-0.15, -0.1) is 0 Å². The van der Waals surface area contributed by atoms with Crippen LogP contribution in [0.3, 0.4) is 0 Å². The molecule has 150 valence electrons. The van der Waals surface area contributed by atoms with Gasteiger partial charge in [-0.3, -0.25) is 9.78 Å². The lowest BCUT2D eigenvalue weighted by Crippen LogP contribution is -2.21. The first-order chi connectivity index (χ1) is 14.6. The van der Waals surface area contributed by atoms with E-state index in [2.05, 4.69) is 4.98 Å². The standard InChI is InChI=1S/C25H22N2O3/c1-27-24(19-12-14-26-15-13-19)22(17-4-8-20(29-2)9-5-17)16-23(25(27)28)18-6-10-21(30-3)11-7-18/h4-16H,1-3H3. The van der Waals surface area contributed by atoms with Crippen LogP contribution in [0, 0.1) is 0 Å². The molecule has 0 spiro atoms. The van der Waals surface area contributed by atoms with Crippen LogP contribution in [0.15, 0.2) is 83.9 Å². The van der Waals surface area contributed by atoms with Gasteiger partial charge in [0.2, 0.25) is 0 Å². The number of hydrogen-bond acceptors (Lipinski definition) is 4. The van der Waals surface area contributed by atoms with Crippen molar-refractivity contribution in [2.24, 2.45) is 7.05 Å². The summed E-state index contributed by atoms with van der Waals surface area (Å²) in [6.07, 6.45) is 3.46. The molecule has 5 nitrogen and oxygen atoms in total. The second-order valence-electron chi connectivity index (χ2n) is 6.88. The zero-order valence-corrected chi connectivity index (χ0v) is 17.1. The quantitative estimate of drug-likeness (QED) is 0.485. The smallest absolute Gasteiger partial charge is 0.258 e. The zero-order valence-electron chi connectivity index (χ0n) is 17.1. The van der Waals surface area contributed by atoms with E-state index in [9.17, 15) is 4.79 Å². The molecule has 5 heteroatoms. The highest BCUT2D eigenvalue weighted by atomic mass is 16.5. The third-order valence-electron chi connectivity index (χ3n) is 5.17. The Morgan fingerprint density at radius 1 is 0.700 bits per heavy atom. The number of methoxy groups -OCH3 is 2. The van der Waals surface area contributed by atoms with Gasteiger partial charge < -0.3 is 14.0 Å². The van der Waals surface area contributed by atoms with Crippen LogP contribution < -0.4 is 15.0 Å². The molecule has 4 rings (SSSR count). The Hall–Kier alpha value is -3.86. The molecule has 2 aromatic heterocycles. The summed E-state index contributed by atoms with van der Waals surface area (Å²) < 4.78 is 12.3. The molecule has 0 aliphatic carbocycles. The Morgan fingerprint density at radius 3 is 1.70 bits per heavy atom. The highest BCUT2D eigenvalue weighted by Gasteiger charge is 2.17. The van der Waals surface area contributed by atoms with Crippen LogP contribution in [-0.2, 0) is 7.05 Å². The third kappa shape index (κ3) is 3.57. The van der Waals surface area contributed by atoms with Crippen molar-refractivity contribution >= 4 is 0 Å². The van der Waals surface area contributed by atoms with E-state index in [1.54, 1.807) is 38.2 Å². The van der Waals surface area contributed by atoms with Crippen LogP contribution >= 0.6 is 0 Å². The van der Waals surface area contributed by atoms with E-state index in [0.717, 1.165) is 39.4 Å². The molecule has 0 saturated carbocycles. The molecule has 30 heavy (non-hydrogen) atoms. The topological polar surface area (TPSA) is 53.4 Å². The summed E-state index contributed by atoms with van der Waals surface area (Å²) >= 11 is 0. The van der Waals surface area contributed by atoms with Gasteiger partial charge in [-0.2, -0.15) is 0 Å². The highest BCUT2D eigenvalue weighted by Crippen LogP contribution is 2.34. The minimum Gasteiger partial charge on any atom is -0.497 e. The zero-order chi connectivity index (χ0) is 21.1. The summed E-state index contributed by atoms with van der Waals surface area (Å²) in [5.74, 6) is 1.53. The summed E-state index contributed by atoms with van der Waals surface area (Å²) in [5.41, 5.74) is 5.12. The van der Waals surface area contributed by atoms with E-state index >= 15 is 0 Å². The number of nitrogens with zero attached hydrogens (tertiary/aromatic N) is 2. The van der Waals surface area contributed by atoms with Gasteiger partial charge in [-0.25, -0.2) is 0 Å². The van der Waals surface area contributed by atoms with Crippen molar-refractivity contribution < 1.29 is 9.47 Å². The monoisotopic (exact) mass is 398 g/mol. The van der Waals surface area contributed by atoms with Gasteiger partial charge >= 0.3 is 0 Å². The van der Waals surface area contributed by atoms with Crippen LogP contribution in [0.4, 0.5) is 0 Å². The van der Waals surface area contributed by atoms with E-state index in [0.29, 0.717) is 5.56 Å². The predicted molar refractivity (Wildman–Crippen MR) is 119 cm³/mol. The number of hydrogen-bond donors (Lipinski definition) is 0. The number of rotatable bonds is 5. The maximum absolute atomic E-state index is 13.3. The van der Waals surface area contributed by atoms with Gasteiger partial charge in [0.25, 0.3) is 5.56 Å². The second-order valence-corrected chi connectivity index (χ2v) is 6.88. The molecule has 2 heterocycles. The maximum Gasteiger partial charge on any atom is 0.258 e. The first kappa shape index (κ1) is 19.5. The maximum atomic E-state index is 13.3. The van der Waals surface area contributed by atoms with Crippen molar-refractivity contribution in [3.63, 3.8) is 0 Å². The lowest BCUT2D eigenvalue weighted by atomic mass is 9.95. The molecule has 0 saturated heterocycles. The molecule has 0 atom stereocenters. The fourth-order valence-electron chi connectivity index (χ4n) is 3.56. The van der Waals surface area contributed by atoms with Crippen LogP contribution in [0.2, 0.25) is 0 Å². The van der Waals surface area contributed by atoms with Crippen LogP contribution in [0.25, 0.3) is 33.5 Å². The molecule has 0 N–H and O–H groups in total. The average Bonchev–Trinajstić information content (AvgIpc) is 2.81. The normalized spacial score (nSPS) is 10.6. The number of aromatic nitrogens is 2. The SMILES string of the molecule is COc1ccc(-c2cc(-c3ccc(OC)cc3)c(=O)n(C)c2-c2ccncc2)cc1. The highest BCUT2D eigenvalue weighted by molar-refractivity contribution is 5.84. The van der Waals surface area contributed by atoms with Crippen LogP contribution in [-0.4, -0.2) is 23.8 Å².